The van der Waals surface area contributed by atoms with Gasteiger partial charge in [0.25, 0.3) is 0 Å². The minimum Gasteiger partial charge on any atom is -0.368 e. The number of hydrogen-bond acceptors (Lipinski definition) is 2. The van der Waals surface area contributed by atoms with E-state index in [9.17, 15) is 4.39 Å². The SMILES string of the molecule is NCCC1CN(CCF)c2ccccc21. The maximum Gasteiger partial charge on any atom is 0.107 e. The Balaban J connectivity index is 2.22. The fourth-order valence-electron chi connectivity index (χ4n) is 2.35. The Hall–Kier alpha value is -1.09. The Morgan fingerprint density at radius 2 is 2.20 bits per heavy atom. The number of benzene rings is 1. The summed E-state index contributed by atoms with van der Waals surface area (Å²) < 4.78 is 12.4. The van der Waals surface area contributed by atoms with E-state index >= 15 is 0 Å². The number of para-hydroxylation sites is 1. The molecule has 0 spiro atoms. The number of halogens is 1. The molecule has 0 aromatic heterocycles. The lowest BCUT2D eigenvalue weighted by atomic mass is 9.98. The summed E-state index contributed by atoms with van der Waals surface area (Å²) >= 11 is 0. The first-order chi connectivity index (χ1) is 7.36. The summed E-state index contributed by atoms with van der Waals surface area (Å²) in [6.45, 7) is 1.82. The second kappa shape index (κ2) is 4.62. The molecule has 0 saturated carbocycles. The van der Waals surface area contributed by atoms with Crippen molar-refractivity contribution in [3.8, 4) is 0 Å². The highest BCUT2D eigenvalue weighted by atomic mass is 19.1. The van der Waals surface area contributed by atoms with Gasteiger partial charge in [-0.05, 0) is 24.6 Å². The zero-order valence-corrected chi connectivity index (χ0v) is 8.82. The molecule has 82 valence electrons. The van der Waals surface area contributed by atoms with Gasteiger partial charge < -0.3 is 10.6 Å². The molecule has 0 saturated heterocycles. The van der Waals surface area contributed by atoms with E-state index in [4.69, 9.17) is 5.73 Å². The van der Waals surface area contributed by atoms with Crippen molar-refractivity contribution in [1.29, 1.82) is 0 Å². The minimum absolute atomic E-state index is 0.288. The maximum atomic E-state index is 12.4. The number of nitrogens with zero attached hydrogens (tertiary/aromatic N) is 1. The van der Waals surface area contributed by atoms with Crippen LogP contribution in [-0.2, 0) is 0 Å². The Labute approximate surface area is 89.9 Å². The van der Waals surface area contributed by atoms with E-state index < -0.39 is 0 Å². The highest BCUT2D eigenvalue weighted by molar-refractivity contribution is 5.60. The third-order valence-electron chi connectivity index (χ3n) is 3.03. The van der Waals surface area contributed by atoms with Crippen molar-refractivity contribution in [3.63, 3.8) is 0 Å². The summed E-state index contributed by atoms with van der Waals surface area (Å²) in [4.78, 5) is 2.12. The predicted molar refractivity (Wildman–Crippen MR) is 61.0 cm³/mol. The van der Waals surface area contributed by atoms with E-state index in [0.29, 0.717) is 19.0 Å². The number of anilines is 1. The lowest BCUT2D eigenvalue weighted by Gasteiger charge is -2.17. The number of rotatable bonds is 4. The zero-order valence-electron chi connectivity index (χ0n) is 8.82. The van der Waals surface area contributed by atoms with Crippen LogP contribution in [0.2, 0.25) is 0 Å². The van der Waals surface area contributed by atoms with Gasteiger partial charge in [-0.2, -0.15) is 0 Å². The van der Waals surface area contributed by atoms with Crippen molar-refractivity contribution in [2.24, 2.45) is 5.73 Å². The van der Waals surface area contributed by atoms with Crippen LogP contribution in [0.5, 0.6) is 0 Å². The summed E-state index contributed by atoms with van der Waals surface area (Å²) in [7, 11) is 0. The summed E-state index contributed by atoms with van der Waals surface area (Å²) in [6.07, 6.45) is 0.986. The molecule has 1 unspecified atom stereocenters. The van der Waals surface area contributed by atoms with Gasteiger partial charge in [-0.15, -0.1) is 0 Å². The lowest BCUT2D eigenvalue weighted by molar-refractivity contribution is 0.488. The molecule has 0 aliphatic carbocycles. The van der Waals surface area contributed by atoms with Gasteiger partial charge in [-0.3, -0.25) is 0 Å². The van der Waals surface area contributed by atoms with Crippen molar-refractivity contribution >= 4 is 5.69 Å². The van der Waals surface area contributed by atoms with E-state index in [1.165, 1.54) is 11.3 Å². The molecular formula is C12H17FN2. The molecule has 2 N–H and O–H groups in total. The number of hydrogen-bond donors (Lipinski definition) is 1. The lowest BCUT2D eigenvalue weighted by Crippen LogP contribution is -2.24. The molecule has 1 aromatic rings. The van der Waals surface area contributed by atoms with Gasteiger partial charge in [0.1, 0.15) is 6.67 Å². The van der Waals surface area contributed by atoms with Gasteiger partial charge in [0, 0.05) is 24.7 Å². The molecule has 1 aliphatic heterocycles. The monoisotopic (exact) mass is 208 g/mol. The molecule has 0 radical (unpaired) electrons. The smallest absolute Gasteiger partial charge is 0.107 e. The van der Waals surface area contributed by atoms with Gasteiger partial charge in [0.05, 0.1) is 0 Å². The van der Waals surface area contributed by atoms with Gasteiger partial charge in [0.15, 0.2) is 0 Å². The summed E-state index contributed by atoms with van der Waals surface area (Å²) in [5.41, 5.74) is 8.11. The average molecular weight is 208 g/mol. The normalized spacial score (nSPS) is 19.3. The van der Waals surface area contributed by atoms with Gasteiger partial charge >= 0.3 is 0 Å². The molecule has 0 amide bonds. The first-order valence-corrected chi connectivity index (χ1v) is 5.46. The number of fused-ring (bicyclic) bond motifs is 1. The number of alkyl halides is 1. The Morgan fingerprint density at radius 1 is 1.40 bits per heavy atom. The zero-order chi connectivity index (χ0) is 10.7. The van der Waals surface area contributed by atoms with Crippen LogP contribution in [0.25, 0.3) is 0 Å². The van der Waals surface area contributed by atoms with Crippen LogP contribution in [-0.4, -0.2) is 26.3 Å². The average Bonchev–Trinajstić information content (AvgIpc) is 2.59. The predicted octanol–water partition coefficient (Wildman–Crippen LogP) is 1.91. The Bertz CT molecular complexity index is 296. The van der Waals surface area contributed by atoms with Crippen molar-refractivity contribution in [2.45, 2.75) is 12.3 Å². The van der Waals surface area contributed by atoms with Crippen LogP contribution in [0.3, 0.4) is 0 Å². The highest BCUT2D eigenvalue weighted by Gasteiger charge is 2.26. The summed E-state index contributed by atoms with van der Waals surface area (Å²) in [5.74, 6) is 0.484. The van der Waals surface area contributed by atoms with Crippen LogP contribution in [0, 0.1) is 0 Å². The summed E-state index contributed by atoms with van der Waals surface area (Å²) in [6, 6.07) is 8.26. The molecule has 2 nitrogen and oxygen atoms in total. The quantitative estimate of drug-likeness (QED) is 0.819. The second-order valence-electron chi connectivity index (χ2n) is 3.97. The van der Waals surface area contributed by atoms with Crippen LogP contribution in [0.1, 0.15) is 17.9 Å². The molecule has 1 atom stereocenters. The molecule has 15 heavy (non-hydrogen) atoms. The van der Waals surface area contributed by atoms with E-state index in [0.717, 1.165) is 13.0 Å². The Morgan fingerprint density at radius 3 is 2.93 bits per heavy atom. The first kappa shape index (κ1) is 10.4. The van der Waals surface area contributed by atoms with Crippen molar-refractivity contribution in [3.05, 3.63) is 29.8 Å². The van der Waals surface area contributed by atoms with Crippen molar-refractivity contribution < 1.29 is 4.39 Å². The first-order valence-electron chi connectivity index (χ1n) is 5.46. The fraction of sp³-hybridized carbons (Fsp3) is 0.500. The number of nitrogens with two attached hydrogens (primary N) is 1. The maximum absolute atomic E-state index is 12.4. The van der Waals surface area contributed by atoms with Crippen LogP contribution in [0.4, 0.5) is 10.1 Å². The third kappa shape index (κ3) is 1.97. The van der Waals surface area contributed by atoms with Crippen LogP contribution >= 0.6 is 0 Å². The molecule has 2 rings (SSSR count). The molecule has 3 heteroatoms. The topological polar surface area (TPSA) is 29.3 Å². The fourth-order valence-corrected chi connectivity index (χ4v) is 2.35. The Kier molecular flexibility index (Phi) is 3.21. The molecular weight excluding hydrogens is 191 g/mol. The second-order valence-corrected chi connectivity index (χ2v) is 3.97. The minimum atomic E-state index is -0.288. The molecule has 1 aliphatic rings. The summed E-state index contributed by atoms with van der Waals surface area (Å²) in [5, 5.41) is 0. The van der Waals surface area contributed by atoms with Gasteiger partial charge in [0.2, 0.25) is 0 Å². The van der Waals surface area contributed by atoms with E-state index in [-0.39, 0.29) is 6.67 Å². The molecule has 1 aromatic carbocycles. The molecule has 0 bridgehead atoms. The van der Waals surface area contributed by atoms with Gasteiger partial charge in [-0.1, -0.05) is 18.2 Å². The van der Waals surface area contributed by atoms with E-state index in [2.05, 4.69) is 17.0 Å². The molecule has 0 fully saturated rings. The van der Waals surface area contributed by atoms with Crippen LogP contribution in [0.15, 0.2) is 24.3 Å². The third-order valence-corrected chi connectivity index (χ3v) is 3.03. The highest BCUT2D eigenvalue weighted by Crippen LogP contribution is 2.37. The standard InChI is InChI=1S/C12H17FN2/c13-6-8-15-9-10(5-7-14)11-3-1-2-4-12(11)15/h1-4,10H,5-9,14H2. The van der Waals surface area contributed by atoms with E-state index in [1.807, 2.05) is 12.1 Å². The van der Waals surface area contributed by atoms with Crippen LogP contribution < -0.4 is 10.6 Å². The van der Waals surface area contributed by atoms with Crippen molar-refractivity contribution in [2.75, 3.05) is 31.2 Å². The largest absolute Gasteiger partial charge is 0.368 e. The van der Waals surface area contributed by atoms with E-state index in [1.54, 1.807) is 0 Å². The van der Waals surface area contributed by atoms with Crippen molar-refractivity contribution in [1.82, 2.24) is 0 Å². The van der Waals surface area contributed by atoms with Gasteiger partial charge in [-0.25, -0.2) is 4.39 Å². The molecule has 1 heterocycles.